The van der Waals surface area contributed by atoms with E-state index in [1.54, 1.807) is 19.1 Å². The third-order valence-electron chi connectivity index (χ3n) is 5.58. The van der Waals surface area contributed by atoms with Crippen molar-refractivity contribution >= 4 is 29.0 Å². The Hall–Kier alpha value is -3.17. The number of hydrogen-bond acceptors (Lipinski definition) is 7. The van der Waals surface area contributed by atoms with Crippen molar-refractivity contribution in [1.29, 1.82) is 0 Å². The van der Waals surface area contributed by atoms with Crippen molar-refractivity contribution in [3.63, 3.8) is 0 Å². The van der Waals surface area contributed by atoms with Gasteiger partial charge in [0, 0.05) is 5.57 Å². The summed E-state index contributed by atoms with van der Waals surface area (Å²) in [6.07, 6.45) is 5.58. The lowest BCUT2D eigenvalue weighted by molar-refractivity contribution is 0.389. The number of rotatable bonds is 7. The van der Waals surface area contributed by atoms with Crippen LogP contribution in [0.1, 0.15) is 40.5 Å². The number of phenolic OH excluding ortho intramolecular Hbond substituents is 1. The van der Waals surface area contributed by atoms with Gasteiger partial charge in [-0.2, -0.15) is 4.68 Å². The highest BCUT2D eigenvalue weighted by atomic mass is 35.5. The first-order valence-corrected chi connectivity index (χ1v) is 11.3. The van der Waals surface area contributed by atoms with Crippen molar-refractivity contribution in [2.75, 3.05) is 5.73 Å². The molecule has 1 aromatic heterocycles. The molecule has 9 nitrogen and oxygen atoms in total. The topological polar surface area (TPSA) is 143 Å². The van der Waals surface area contributed by atoms with Crippen LogP contribution in [0.2, 0.25) is 10.0 Å². The molecule has 1 aliphatic carbocycles. The number of aromatic hydroxyl groups is 1. The number of benzene rings is 1. The molecule has 1 fully saturated rings. The number of hydrogen-bond donors (Lipinski definition) is 4. The molecular weight excluding hydrogens is 483 g/mol. The highest BCUT2D eigenvalue weighted by Crippen LogP contribution is 2.45. The zero-order chi connectivity index (χ0) is 25.3. The number of nitrogens with zero attached hydrogens (tertiary/aromatic N) is 2. The summed E-state index contributed by atoms with van der Waals surface area (Å²) in [4.78, 5) is 25.6. The number of allylic oxidation sites excluding steroid dienone is 4. The van der Waals surface area contributed by atoms with Crippen LogP contribution in [-0.2, 0) is 0 Å². The molecule has 0 aliphatic heterocycles. The number of ether oxygens (including phenoxy) is 1. The van der Waals surface area contributed by atoms with E-state index in [-0.39, 0.29) is 33.2 Å². The molecule has 0 radical (unpaired) electrons. The van der Waals surface area contributed by atoms with E-state index in [4.69, 9.17) is 33.7 Å². The summed E-state index contributed by atoms with van der Waals surface area (Å²) in [5.74, 6) is 0.0310. The zero-order valence-corrected chi connectivity index (χ0v) is 20.7. The Morgan fingerprint density at radius 3 is 2.56 bits per heavy atom. The number of halogens is 2. The number of nitrogens with one attached hydrogen (secondary N) is 1. The summed E-state index contributed by atoms with van der Waals surface area (Å²) in [6, 6.07) is 1.21. The molecule has 0 bridgehead atoms. The smallest absolute Gasteiger partial charge is 0.349 e. The van der Waals surface area contributed by atoms with Crippen LogP contribution < -0.4 is 21.7 Å². The highest BCUT2D eigenvalue weighted by Gasteiger charge is 2.32. The fourth-order valence-corrected chi connectivity index (χ4v) is 3.93. The molecule has 1 saturated carbocycles. The quantitative estimate of drug-likeness (QED) is 0.315. The van der Waals surface area contributed by atoms with Gasteiger partial charge < -0.3 is 20.7 Å². The minimum Gasteiger partial charge on any atom is -0.508 e. The number of H-pyrrole nitrogens is 1. The number of phenols is 1. The van der Waals surface area contributed by atoms with Crippen LogP contribution in [0.15, 0.2) is 50.5 Å². The van der Waals surface area contributed by atoms with Gasteiger partial charge in [-0.1, -0.05) is 30.1 Å². The second-order valence-electron chi connectivity index (χ2n) is 8.29. The second-order valence-corrected chi connectivity index (χ2v) is 9.08. The molecule has 3 rings (SSSR count). The molecular formula is C23H26Cl2N4O5. The summed E-state index contributed by atoms with van der Waals surface area (Å²) in [5, 5.41) is 24.7. The summed E-state index contributed by atoms with van der Waals surface area (Å²) in [5.41, 5.74) is 4.98. The molecule has 0 saturated heterocycles. The van der Waals surface area contributed by atoms with Crippen molar-refractivity contribution < 1.29 is 14.9 Å². The molecule has 1 heterocycles. The van der Waals surface area contributed by atoms with E-state index in [9.17, 15) is 19.8 Å². The van der Waals surface area contributed by atoms with Gasteiger partial charge in [0.2, 0.25) is 5.82 Å². The normalized spacial score (nSPS) is 15.2. The number of aliphatic hydroxyl groups is 1. The fraction of sp³-hybridized carbons (Fsp3) is 0.348. The Morgan fingerprint density at radius 2 is 2.00 bits per heavy atom. The van der Waals surface area contributed by atoms with Gasteiger partial charge in [0.15, 0.2) is 11.5 Å². The Balaban J connectivity index is 2.05. The van der Waals surface area contributed by atoms with E-state index in [2.05, 4.69) is 12.0 Å². The lowest BCUT2D eigenvalue weighted by Gasteiger charge is -2.19. The van der Waals surface area contributed by atoms with Gasteiger partial charge in [0.1, 0.15) is 22.2 Å². The SMILES string of the molecule is C/C=C(\C=C(/C(O)=C(C)C)C(C)C1CC1)Oc1c(Cl)cc(-n2nc(N)c(=O)[nH]c2=O)c(O)c1Cl. The van der Waals surface area contributed by atoms with Crippen molar-refractivity contribution in [3.05, 3.63) is 71.8 Å². The lowest BCUT2D eigenvalue weighted by atomic mass is 9.92. The first-order valence-electron chi connectivity index (χ1n) is 10.6. The van der Waals surface area contributed by atoms with Gasteiger partial charge in [0.05, 0.1) is 5.02 Å². The van der Waals surface area contributed by atoms with Crippen molar-refractivity contribution in [3.8, 4) is 17.2 Å². The second kappa shape index (κ2) is 9.99. The van der Waals surface area contributed by atoms with Crippen LogP contribution >= 0.6 is 23.2 Å². The summed E-state index contributed by atoms with van der Waals surface area (Å²) in [6.45, 7) is 7.44. The largest absolute Gasteiger partial charge is 0.508 e. The zero-order valence-electron chi connectivity index (χ0n) is 19.1. The molecule has 34 heavy (non-hydrogen) atoms. The van der Waals surface area contributed by atoms with Crippen LogP contribution in [0.4, 0.5) is 5.82 Å². The molecule has 1 atom stereocenters. The highest BCUT2D eigenvalue weighted by molar-refractivity contribution is 6.38. The monoisotopic (exact) mass is 508 g/mol. The van der Waals surface area contributed by atoms with E-state index in [1.807, 2.05) is 18.8 Å². The molecule has 5 N–H and O–H groups in total. The van der Waals surface area contributed by atoms with E-state index >= 15 is 0 Å². The van der Waals surface area contributed by atoms with Crippen LogP contribution in [0, 0.1) is 11.8 Å². The number of aromatic nitrogens is 3. The van der Waals surface area contributed by atoms with E-state index < -0.39 is 22.8 Å². The summed E-state index contributed by atoms with van der Waals surface area (Å²) in [7, 11) is 0. The number of nitrogen functional groups attached to an aromatic ring is 1. The average molecular weight is 509 g/mol. The van der Waals surface area contributed by atoms with Gasteiger partial charge in [-0.05, 0) is 69.2 Å². The van der Waals surface area contributed by atoms with E-state index in [1.165, 1.54) is 6.07 Å². The minimum atomic E-state index is -0.941. The standard InChI is InChI=1S/C23H26Cl2N4O5/c1-5-13(8-14(18(30)10(2)3)11(4)12-6-7-12)34-20-15(24)9-16(19(31)17(20)25)29-23(33)27-22(32)21(26)28-29/h5,8-9,11-12,30-31H,6-7H2,1-4H3,(H2,26,28)(H,27,32,33)/b13-5+,14-8-. The van der Waals surface area contributed by atoms with Gasteiger partial charge in [-0.25, -0.2) is 4.79 Å². The predicted molar refractivity (Wildman–Crippen MR) is 132 cm³/mol. The van der Waals surface area contributed by atoms with E-state index in [0.717, 1.165) is 24.0 Å². The Kier molecular flexibility index (Phi) is 7.48. The van der Waals surface area contributed by atoms with Crippen molar-refractivity contribution in [2.24, 2.45) is 11.8 Å². The number of aliphatic hydroxyl groups excluding tert-OH is 1. The number of aromatic amines is 1. The fourth-order valence-electron chi connectivity index (χ4n) is 3.41. The number of nitrogens with two attached hydrogens (primary N) is 1. The maximum absolute atomic E-state index is 12.2. The molecule has 1 unspecified atom stereocenters. The summed E-state index contributed by atoms with van der Waals surface area (Å²) < 4.78 is 6.59. The van der Waals surface area contributed by atoms with Gasteiger partial charge in [-0.15, -0.1) is 5.10 Å². The van der Waals surface area contributed by atoms with Crippen molar-refractivity contribution in [2.45, 2.75) is 40.5 Å². The lowest BCUT2D eigenvalue weighted by Crippen LogP contribution is -2.33. The maximum Gasteiger partial charge on any atom is 0.349 e. The first-order chi connectivity index (χ1) is 16.0. The third-order valence-corrected chi connectivity index (χ3v) is 6.21. The third kappa shape index (κ3) is 5.15. The predicted octanol–water partition coefficient (Wildman–Crippen LogP) is 4.62. The molecule has 2 aromatic rings. The van der Waals surface area contributed by atoms with Crippen LogP contribution in [-0.4, -0.2) is 25.0 Å². The Morgan fingerprint density at radius 1 is 1.35 bits per heavy atom. The van der Waals surface area contributed by atoms with Gasteiger partial charge in [-0.3, -0.25) is 9.78 Å². The van der Waals surface area contributed by atoms with E-state index in [0.29, 0.717) is 16.4 Å². The van der Waals surface area contributed by atoms with Crippen LogP contribution in [0.3, 0.4) is 0 Å². The minimum absolute atomic E-state index is 0.0350. The van der Waals surface area contributed by atoms with Gasteiger partial charge in [0.25, 0.3) is 5.56 Å². The molecule has 1 aliphatic rings. The maximum atomic E-state index is 12.2. The molecule has 1 aromatic carbocycles. The number of anilines is 1. The molecule has 11 heteroatoms. The molecule has 0 amide bonds. The Labute approximate surface area is 205 Å². The van der Waals surface area contributed by atoms with Gasteiger partial charge >= 0.3 is 5.69 Å². The van der Waals surface area contributed by atoms with Crippen LogP contribution in [0.5, 0.6) is 11.5 Å². The first kappa shape index (κ1) is 25.5. The average Bonchev–Trinajstić information content (AvgIpc) is 3.63. The summed E-state index contributed by atoms with van der Waals surface area (Å²) >= 11 is 12.7. The molecule has 0 spiro atoms. The van der Waals surface area contributed by atoms with Crippen molar-refractivity contribution in [1.82, 2.24) is 14.8 Å². The van der Waals surface area contributed by atoms with Crippen LogP contribution in [0.25, 0.3) is 5.69 Å². The molecule has 182 valence electrons. The Bertz CT molecular complexity index is 1330.